The molecule has 18 heavy (non-hydrogen) atoms. The fourth-order valence-corrected chi connectivity index (χ4v) is 3.09. The largest absolute Gasteiger partial charge is 0.296 e. The van der Waals surface area contributed by atoms with Gasteiger partial charge in [-0.05, 0) is 36.2 Å². The molecule has 0 aliphatic heterocycles. The van der Waals surface area contributed by atoms with Crippen LogP contribution in [0.5, 0.6) is 0 Å². The second-order valence-corrected chi connectivity index (χ2v) is 5.55. The third kappa shape index (κ3) is 1.72. The average Bonchev–Trinajstić information content (AvgIpc) is 2.92. The molecule has 0 spiro atoms. The van der Waals surface area contributed by atoms with Crippen molar-refractivity contribution >= 4 is 12.2 Å². The number of rotatable bonds is 2. The number of aryl methyl sites for hydroxylation is 1. The van der Waals surface area contributed by atoms with Crippen LogP contribution in [0.2, 0.25) is 0 Å². The molecule has 1 unspecified atom stereocenters. The number of H-pyrrole nitrogens is 1. The summed E-state index contributed by atoms with van der Waals surface area (Å²) in [5.41, 5.74) is 2.84. The fourth-order valence-electron chi connectivity index (χ4n) is 2.83. The highest BCUT2D eigenvalue weighted by Crippen LogP contribution is 2.35. The van der Waals surface area contributed by atoms with Crippen molar-refractivity contribution in [2.24, 2.45) is 0 Å². The molecular weight excluding hydrogens is 242 g/mol. The number of nitrogens with one attached hydrogen (secondary N) is 1. The van der Waals surface area contributed by atoms with Crippen LogP contribution in [0, 0.1) is 4.77 Å². The molecule has 0 saturated heterocycles. The fraction of sp³-hybridized carbons (Fsp3) is 0.429. The lowest BCUT2D eigenvalue weighted by atomic mass is 10.1. The highest BCUT2D eigenvalue weighted by atomic mass is 32.1. The SMILES string of the molecule is CC(C)c1n[nH]c(=S)n1C1CCc2ccccc21. The van der Waals surface area contributed by atoms with Crippen molar-refractivity contribution in [3.05, 3.63) is 46.0 Å². The molecule has 1 atom stereocenters. The van der Waals surface area contributed by atoms with Gasteiger partial charge >= 0.3 is 0 Å². The molecule has 1 aliphatic carbocycles. The normalized spacial score (nSPS) is 18.3. The molecule has 1 aliphatic rings. The second-order valence-electron chi connectivity index (χ2n) is 5.16. The van der Waals surface area contributed by atoms with Crippen molar-refractivity contribution in [3.8, 4) is 0 Å². The number of nitrogens with zero attached hydrogens (tertiary/aromatic N) is 2. The first-order valence-corrected chi connectivity index (χ1v) is 6.84. The van der Waals surface area contributed by atoms with Gasteiger partial charge in [-0.15, -0.1) is 0 Å². The molecule has 2 aromatic rings. The summed E-state index contributed by atoms with van der Waals surface area (Å²) < 4.78 is 2.94. The monoisotopic (exact) mass is 259 g/mol. The van der Waals surface area contributed by atoms with Crippen LogP contribution in [0.25, 0.3) is 0 Å². The Labute approximate surface area is 112 Å². The topological polar surface area (TPSA) is 33.6 Å². The molecule has 0 amide bonds. The Morgan fingerprint density at radius 2 is 2.17 bits per heavy atom. The van der Waals surface area contributed by atoms with Gasteiger partial charge in [-0.3, -0.25) is 9.67 Å². The number of fused-ring (bicyclic) bond motifs is 1. The van der Waals surface area contributed by atoms with Gasteiger partial charge in [0.15, 0.2) is 4.77 Å². The van der Waals surface area contributed by atoms with Gasteiger partial charge in [-0.1, -0.05) is 38.1 Å². The van der Waals surface area contributed by atoms with E-state index in [-0.39, 0.29) is 0 Å². The molecule has 94 valence electrons. The molecular formula is C14H17N3S. The summed E-state index contributed by atoms with van der Waals surface area (Å²) in [6.07, 6.45) is 2.25. The lowest BCUT2D eigenvalue weighted by Gasteiger charge is -2.17. The summed E-state index contributed by atoms with van der Waals surface area (Å²) in [5.74, 6) is 1.44. The van der Waals surface area contributed by atoms with Crippen molar-refractivity contribution in [2.45, 2.75) is 38.6 Å². The van der Waals surface area contributed by atoms with Gasteiger partial charge in [0.05, 0.1) is 6.04 Å². The molecule has 4 heteroatoms. The Morgan fingerprint density at radius 1 is 1.39 bits per heavy atom. The van der Waals surface area contributed by atoms with E-state index in [0.717, 1.165) is 23.4 Å². The number of benzene rings is 1. The van der Waals surface area contributed by atoms with Crippen LogP contribution in [-0.4, -0.2) is 14.8 Å². The van der Waals surface area contributed by atoms with Gasteiger partial charge in [-0.25, -0.2) is 0 Å². The molecule has 1 aromatic heterocycles. The van der Waals surface area contributed by atoms with E-state index in [0.29, 0.717) is 12.0 Å². The zero-order chi connectivity index (χ0) is 12.7. The van der Waals surface area contributed by atoms with Crippen LogP contribution in [0.3, 0.4) is 0 Å². The predicted octanol–water partition coefficient (Wildman–Crippen LogP) is 3.60. The molecule has 1 N–H and O–H groups in total. The van der Waals surface area contributed by atoms with E-state index in [1.165, 1.54) is 11.1 Å². The van der Waals surface area contributed by atoms with Crippen LogP contribution in [0.1, 0.15) is 49.2 Å². The first kappa shape index (κ1) is 11.7. The van der Waals surface area contributed by atoms with Gasteiger partial charge in [0.2, 0.25) is 0 Å². The molecule has 0 radical (unpaired) electrons. The van der Waals surface area contributed by atoms with E-state index in [4.69, 9.17) is 12.2 Å². The zero-order valence-electron chi connectivity index (χ0n) is 10.7. The third-order valence-electron chi connectivity index (χ3n) is 3.66. The van der Waals surface area contributed by atoms with Crippen LogP contribution in [-0.2, 0) is 6.42 Å². The van der Waals surface area contributed by atoms with Crippen molar-refractivity contribution < 1.29 is 0 Å². The lowest BCUT2D eigenvalue weighted by molar-refractivity contribution is 0.532. The minimum Gasteiger partial charge on any atom is -0.296 e. The highest BCUT2D eigenvalue weighted by molar-refractivity contribution is 7.71. The van der Waals surface area contributed by atoms with E-state index in [9.17, 15) is 0 Å². The number of aromatic nitrogens is 3. The molecule has 0 fully saturated rings. The van der Waals surface area contributed by atoms with Crippen LogP contribution < -0.4 is 0 Å². The Balaban J connectivity index is 2.13. The maximum atomic E-state index is 5.40. The van der Waals surface area contributed by atoms with E-state index in [1.807, 2.05) is 0 Å². The standard InChI is InChI=1S/C14H17N3S/c1-9(2)13-15-16-14(18)17(13)12-8-7-10-5-3-4-6-11(10)12/h3-6,9,12H,7-8H2,1-2H3,(H,16,18). The second kappa shape index (κ2) is 4.35. The van der Waals surface area contributed by atoms with Gasteiger partial charge in [0.25, 0.3) is 0 Å². The Morgan fingerprint density at radius 3 is 2.94 bits per heavy atom. The molecule has 0 saturated carbocycles. The summed E-state index contributed by atoms with van der Waals surface area (Å²) in [7, 11) is 0. The van der Waals surface area contributed by atoms with Gasteiger partial charge in [0.1, 0.15) is 5.82 Å². The first-order chi connectivity index (χ1) is 8.68. The minimum atomic E-state index is 0.352. The van der Waals surface area contributed by atoms with E-state index < -0.39 is 0 Å². The molecule has 3 rings (SSSR count). The molecule has 0 bridgehead atoms. The maximum Gasteiger partial charge on any atom is 0.195 e. The number of hydrogen-bond acceptors (Lipinski definition) is 2. The van der Waals surface area contributed by atoms with E-state index in [2.05, 4.69) is 52.9 Å². The Kier molecular flexibility index (Phi) is 2.82. The zero-order valence-corrected chi connectivity index (χ0v) is 11.5. The van der Waals surface area contributed by atoms with Crippen LogP contribution >= 0.6 is 12.2 Å². The lowest BCUT2D eigenvalue weighted by Crippen LogP contribution is -2.12. The van der Waals surface area contributed by atoms with Crippen molar-refractivity contribution in [2.75, 3.05) is 0 Å². The van der Waals surface area contributed by atoms with E-state index in [1.54, 1.807) is 0 Å². The summed E-state index contributed by atoms with van der Waals surface area (Å²) in [4.78, 5) is 0. The van der Waals surface area contributed by atoms with Crippen molar-refractivity contribution in [1.29, 1.82) is 0 Å². The summed E-state index contributed by atoms with van der Waals surface area (Å²) in [5, 5.41) is 7.32. The molecule has 3 nitrogen and oxygen atoms in total. The van der Waals surface area contributed by atoms with Gasteiger partial charge < -0.3 is 0 Å². The minimum absolute atomic E-state index is 0.352. The van der Waals surface area contributed by atoms with Crippen molar-refractivity contribution in [1.82, 2.24) is 14.8 Å². The summed E-state index contributed by atoms with van der Waals surface area (Å²) >= 11 is 5.40. The van der Waals surface area contributed by atoms with Crippen molar-refractivity contribution in [3.63, 3.8) is 0 Å². The highest BCUT2D eigenvalue weighted by Gasteiger charge is 2.26. The Hall–Kier alpha value is -1.42. The molecule has 1 aromatic carbocycles. The maximum absolute atomic E-state index is 5.40. The quantitative estimate of drug-likeness (QED) is 0.836. The van der Waals surface area contributed by atoms with Gasteiger partial charge in [0, 0.05) is 5.92 Å². The summed E-state index contributed by atoms with van der Waals surface area (Å²) in [6, 6.07) is 9.00. The first-order valence-electron chi connectivity index (χ1n) is 6.43. The summed E-state index contributed by atoms with van der Waals surface area (Å²) in [6.45, 7) is 4.31. The third-order valence-corrected chi connectivity index (χ3v) is 3.95. The number of hydrogen-bond donors (Lipinski definition) is 1. The van der Waals surface area contributed by atoms with Crippen LogP contribution in [0.15, 0.2) is 24.3 Å². The predicted molar refractivity (Wildman–Crippen MR) is 74.4 cm³/mol. The van der Waals surface area contributed by atoms with Crippen LogP contribution in [0.4, 0.5) is 0 Å². The number of aromatic amines is 1. The molecule has 1 heterocycles. The average molecular weight is 259 g/mol. The van der Waals surface area contributed by atoms with E-state index >= 15 is 0 Å². The Bertz CT molecular complexity index is 624. The van der Waals surface area contributed by atoms with Gasteiger partial charge in [-0.2, -0.15) is 5.10 Å². The smallest absolute Gasteiger partial charge is 0.195 e.